The molecule has 1 aromatic heterocycles. The largest absolute Gasteiger partial charge is 0.483 e. The van der Waals surface area contributed by atoms with Gasteiger partial charge in [-0.2, -0.15) is 5.26 Å². The zero-order chi connectivity index (χ0) is 23.2. The third-order valence-electron chi connectivity index (χ3n) is 4.57. The Balaban J connectivity index is 1.62. The zero-order valence-electron chi connectivity index (χ0n) is 17.1. The van der Waals surface area contributed by atoms with E-state index < -0.39 is 4.92 Å². The predicted molar refractivity (Wildman–Crippen MR) is 127 cm³/mol. The summed E-state index contributed by atoms with van der Waals surface area (Å²) >= 11 is 1.34. The van der Waals surface area contributed by atoms with Crippen LogP contribution in [0.25, 0.3) is 21.9 Å². The molecule has 0 aliphatic rings. The molecule has 0 aliphatic heterocycles. The van der Waals surface area contributed by atoms with Gasteiger partial charge >= 0.3 is 0 Å². The highest BCUT2D eigenvalue weighted by Crippen LogP contribution is 2.31. The number of nitro groups is 1. The highest BCUT2D eigenvalue weighted by atomic mass is 32.1. The Kier molecular flexibility index (Phi) is 6.38. The van der Waals surface area contributed by atoms with E-state index in [0.29, 0.717) is 16.3 Å². The van der Waals surface area contributed by atoms with Crippen LogP contribution in [0, 0.1) is 21.4 Å². The van der Waals surface area contributed by atoms with Gasteiger partial charge in [0.15, 0.2) is 6.61 Å². The number of nitriles is 1. The van der Waals surface area contributed by atoms with Crippen molar-refractivity contribution in [2.75, 3.05) is 11.9 Å². The van der Waals surface area contributed by atoms with Crippen molar-refractivity contribution in [1.29, 1.82) is 5.26 Å². The quantitative estimate of drug-likeness (QED) is 0.229. The first kappa shape index (κ1) is 21.7. The van der Waals surface area contributed by atoms with Crippen LogP contribution in [0.3, 0.4) is 0 Å². The van der Waals surface area contributed by atoms with Crippen molar-refractivity contribution in [3.8, 4) is 11.8 Å². The van der Waals surface area contributed by atoms with Gasteiger partial charge in [-0.3, -0.25) is 14.9 Å². The molecule has 0 aliphatic carbocycles. The van der Waals surface area contributed by atoms with Crippen LogP contribution >= 0.6 is 11.3 Å². The molecular weight excluding hydrogens is 440 g/mol. The van der Waals surface area contributed by atoms with E-state index in [1.54, 1.807) is 24.3 Å². The molecule has 0 radical (unpaired) electrons. The van der Waals surface area contributed by atoms with Crippen LogP contribution < -0.4 is 10.1 Å². The van der Waals surface area contributed by atoms with E-state index in [9.17, 15) is 20.2 Å². The summed E-state index contributed by atoms with van der Waals surface area (Å²) in [7, 11) is 0. The summed E-state index contributed by atoms with van der Waals surface area (Å²) in [5.74, 6) is -0.154. The summed E-state index contributed by atoms with van der Waals surface area (Å²) in [5, 5.41) is 24.2. The SMILES string of the molecule is N#C/C(=C\c1cc([N+](=O)[O-])ccc1OCC(=O)Nc1ccccc1)c1nc2ccccc2s1. The van der Waals surface area contributed by atoms with Gasteiger partial charge in [-0.15, -0.1) is 11.3 Å². The highest BCUT2D eigenvalue weighted by molar-refractivity contribution is 7.19. The maximum atomic E-state index is 12.3. The number of carbonyl (C=O) groups is 1. The summed E-state index contributed by atoms with van der Waals surface area (Å²) in [6.45, 7) is -0.309. The number of allylic oxidation sites excluding steroid dienone is 1. The van der Waals surface area contributed by atoms with Crippen LogP contribution in [0.2, 0.25) is 0 Å². The Labute approximate surface area is 192 Å². The summed E-state index contributed by atoms with van der Waals surface area (Å²) in [6.07, 6.45) is 1.48. The molecular formula is C24H16N4O4S. The maximum absolute atomic E-state index is 12.3. The van der Waals surface area contributed by atoms with Crippen molar-refractivity contribution in [1.82, 2.24) is 4.98 Å². The first-order valence-corrected chi connectivity index (χ1v) is 10.6. The first-order valence-electron chi connectivity index (χ1n) is 9.77. The molecule has 3 aromatic carbocycles. The van der Waals surface area contributed by atoms with Crippen molar-refractivity contribution in [3.63, 3.8) is 0 Å². The molecule has 1 heterocycles. The number of fused-ring (bicyclic) bond motifs is 1. The van der Waals surface area contributed by atoms with Crippen molar-refractivity contribution in [3.05, 3.63) is 93.5 Å². The van der Waals surface area contributed by atoms with E-state index in [0.717, 1.165) is 10.2 Å². The Morgan fingerprint density at radius 1 is 1.15 bits per heavy atom. The van der Waals surface area contributed by atoms with E-state index in [2.05, 4.69) is 16.4 Å². The lowest BCUT2D eigenvalue weighted by Gasteiger charge is -2.10. The number of amides is 1. The normalized spacial score (nSPS) is 11.1. The van der Waals surface area contributed by atoms with Crippen molar-refractivity contribution in [2.45, 2.75) is 0 Å². The minimum absolute atomic E-state index is 0.163. The van der Waals surface area contributed by atoms with E-state index in [-0.39, 0.29) is 29.5 Å². The van der Waals surface area contributed by atoms with Gasteiger partial charge in [0.05, 0.1) is 20.7 Å². The molecule has 0 saturated heterocycles. The van der Waals surface area contributed by atoms with E-state index in [1.165, 1.54) is 35.6 Å². The van der Waals surface area contributed by atoms with Gasteiger partial charge in [0.25, 0.3) is 11.6 Å². The van der Waals surface area contributed by atoms with Gasteiger partial charge in [0.1, 0.15) is 16.8 Å². The summed E-state index contributed by atoms with van der Waals surface area (Å²) < 4.78 is 6.56. The van der Waals surface area contributed by atoms with Gasteiger partial charge in [0.2, 0.25) is 0 Å². The van der Waals surface area contributed by atoms with Gasteiger partial charge in [-0.1, -0.05) is 30.3 Å². The third-order valence-corrected chi connectivity index (χ3v) is 5.63. The number of non-ortho nitro benzene ring substituents is 1. The van der Waals surface area contributed by atoms with Crippen molar-refractivity contribution >= 4 is 50.5 Å². The molecule has 33 heavy (non-hydrogen) atoms. The van der Waals surface area contributed by atoms with Gasteiger partial charge in [-0.05, 0) is 36.4 Å². The second kappa shape index (κ2) is 9.72. The fourth-order valence-corrected chi connectivity index (χ4v) is 3.97. The average Bonchev–Trinajstić information content (AvgIpc) is 3.26. The lowest BCUT2D eigenvalue weighted by Crippen LogP contribution is -2.20. The Bertz CT molecular complexity index is 1370. The number of benzene rings is 3. The van der Waals surface area contributed by atoms with Crippen LogP contribution in [0.1, 0.15) is 10.6 Å². The number of nitro benzene ring substituents is 1. The molecule has 8 nitrogen and oxygen atoms in total. The number of anilines is 1. The van der Waals surface area contributed by atoms with E-state index in [4.69, 9.17) is 4.74 Å². The fourth-order valence-electron chi connectivity index (χ4n) is 3.04. The minimum atomic E-state index is -0.535. The number of hydrogen-bond acceptors (Lipinski definition) is 7. The number of thiazole rings is 1. The number of carbonyl (C=O) groups excluding carboxylic acids is 1. The van der Waals surface area contributed by atoms with Crippen LogP contribution in [0.15, 0.2) is 72.8 Å². The smallest absolute Gasteiger partial charge is 0.270 e. The average molecular weight is 456 g/mol. The summed E-state index contributed by atoms with van der Waals surface area (Å²) in [6, 6.07) is 22.5. The molecule has 0 saturated carbocycles. The molecule has 162 valence electrons. The minimum Gasteiger partial charge on any atom is -0.483 e. The van der Waals surface area contributed by atoms with Crippen LogP contribution in [0.5, 0.6) is 5.75 Å². The zero-order valence-corrected chi connectivity index (χ0v) is 17.9. The lowest BCUT2D eigenvalue weighted by atomic mass is 10.1. The standard InChI is InChI=1S/C24H16N4O4S/c25-14-17(24-27-20-8-4-5-9-22(20)33-24)12-16-13-19(28(30)31)10-11-21(16)32-15-23(29)26-18-6-2-1-3-7-18/h1-13H,15H2,(H,26,29)/b17-12+. The monoisotopic (exact) mass is 456 g/mol. The molecule has 0 atom stereocenters. The van der Waals surface area contributed by atoms with Gasteiger partial charge in [-0.25, -0.2) is 4.98 Å². The molecule has 1 amide bonds. The van der Waals surface area contributed by atoms with Crippen molar-refractivity contribution < 1.29 is 14.5 Å². The molecule has 0 bridgehead atoms. The third kappa shape index (κ3) is 5.20. The molecule has 1 N–H and O–H groups in total. The van der Waals surface area contributed by atoms with Crippen molar-refractivity contribution in [2.24, 2.45) is 0 Å². The van der Waals surface area contributed by atoms with E-state index >= 15 is 0 Å². The highest BCUT2D eigenvalue weighted by Gasteiger charge is 2.15. The molecule has 0 fully saturated rings. The Morgan fingerprint density at radius 3 is 2.64 bits per heavy atom. The van der Waals surface area contributed by atoms with E-state index in [1.807, 2.05) is 30.3 Å². The number of aromatic nitrogens is 1. The number of para-hydroxylation sites is 2. The Hall–Kier alpha value is -4.55. The number of hydrogen-bond donors (Lipinski definition) is 1. The molecule has 0 spiro atoms. The first-order chi connectivity index (χ1) is 16.0. The molecule has 4 rings (SSSR count). The number of rotatable bonds is 7. The lowest BCUT2D eigenvalue weighted by molar-refractivity contribution is -0.384. The van der Waals surface area contributed by atoms with Gasteiger partial charge < -0.3 is 10.1 Å². The summed E-state index contributed by atoms with van der Waals surface area (Å²) in [5.41, 5.74) is 1.75. The Morgan fingerprint density at radius 2 is 1.91 bits per heavy atom. The predicted octanol–water partition coefficient (Wildman–Crippen LogP) is 5.29. The topological polar surface area (TPSA) is 118 Å². The number of nitrogens with zero attached hydrogens (tertiary/aromatic N) is 3. The fraction of sp³-hybridized carbons (Fsp3) is 0.0417. The van der Waals surface area contributed by atoms with Crippen LogP contribution in [0.4, 0.5) is 11.4 Å². The second-order valence-electron chi connectivity index (χ2n) is 6.84. The maximum Gasteiger partial charge on any atom is 0.270 e. The van der Waals surface area contributed by atoms with Crippen LogP contribution in [-0.2, 0) is 4.79 Å². The number of ether oxygens (including phenoxy) is 1. The molecule has 0 unspecified atom stereocenters. The molecule has 4 aromatic rings. The number of nitrogens with one attached hydrogen (secondary N) is 1. The second-order valence-corrected chi connectivity index (χ2v) is 7.87. The summed E-state index contributed by atoms with van der Waals surface area (Å²) in [4.78, 5) is 27.5. The van der Waals surface area contributed by atoms with Gasteiger partial charge in [0, 0.05) is 23.4 Å². The molecule has 9 heteroatoms. The van der Waals surface area contributed by atoms with Crippen LogP contribution in [-0.4, -0.2) is 22.4 Å².